The number of nitrogens with zero attached hydrogens (tertiary/aromatic N) is 4. The molecule has 2 saturated heterocycles. The fraction of sp³-hybridized carbons (Fsp3) is 0.488. The van der Waals surface area contributed by atoms with Gasteiger partial charge in [0.2, 0.25) is 0 Å². The van der Waals surface area contributed by atoms with Crippen LogP contribution in [0.25, 0.3) is 10.8 Å². The molecule has 2 aliphatic rings. The van der Waals surface area contributed by atoms with E-state index < -0.39 is 25.2 Å². The van der Waals surface area contributed by atoms with Gasteiger partial charge < -0.3 is 14.1 Å². The Kier molecular flexibility index (Phi) is 10.1. The first-order valence-corrected chi connectivity index (χ1v) is 20.4. The van der Waals surface area contributed by atoms with E-state index in [1.54, 1.807) is 6.20 Å². The van der Waals surface area contributed by atoms with Crippen LogP contribution in [0.3, 0.4) is 0 Å². The molecule has 0 spiro atoms. The van der Waals surface area contributed by atoms with Crippen molar-refractivity contribution in [3.63, 3.8) is 0 Å². The average molecular weight is 731 g/mol. The summed E-state index contributed by atoms with van der Waals surface area (Å²) in [6.45, 7) is 20.4. The number of hydrogen-bond donors (Lipinski definition) is 0. The Morgan fingerprint density at radius 3 is 1.98 bits per heavy atom. The third-order valence-corrected chi connectivity index (χ3v) is 16.0. The lowest BCUT2D eigenvalue weighted by molar-refractivity contribution is 0.0123. The van der Waals surface area contributed by atoms with Crippen LogP contribution in [-0.2, 0) is 14.6 Å². The van der Waals surface area contributed by atoms with Crippen molar-refractivity contribution in [2.75, 3.05) is 24.6 Å². The Bertz CT molecular complexity index is 1840. The number of carbonyl (C=O) groups is 1. The second-order valence-electron chi connectivity index (χ2n) is 16.9. The minimum Gasteiger partial charge on any atom is -0.444 e. The second-order valence-corrected chi connectivity index (χ2v) is 21.5. The summed E-state index contributed by atoms with van der Waals surface area (Å²) in [5.41, 5.74) is 0.491. The van der Waals surface area contributed by atoms with Crippen molar-refractivity contribution in [3.8, 4) is 0 Å². The predicted octanol–water partition coefficient (Wildman–Crippen LogP) is 8.56. The number of fused-ring (bicyclic) bond motifs is 3. The fourth-order valence-corrected chi connectivity index (χ4v) is 13.0. The van der Waals surface area contributed by atoms with Gasteiger partial charge in [0.25, 0.3) is 8.32 Å². The number of piperazine rings is 1. The topological polar surface area (TPSA) is 67.8 Å². The van der Waals surface area contributed by atoms with E-state index in [4.69, 9.17) is 25.7 Å². The first kappa shape index (κ1) is 37.2. The molecule has 2 bridgehead atoms. The van der Waals surface area contributed by atoms with E-state index in [1.165, 1.54) is 10.4 Å². The molecule has 272 valence electrons. The van der Waals surface area contributed by atoms with Crippen LogP contribution >= 0.6 is 11.6 Å². The smallest absolute Gasteiger partial charge is 0.410 e. The Morgan fingerprint density at radius 2 is 1.47 bits per heavy atom. The van der Waals surface area contributed by atoms with Crippen LogP contribution in [0.15, 0.2) is 66.9 Å². The van der Waals surface area contributed by atoms with Gasteiger partial charge in [0.15, 0.2) is 11.0 Å². The summed E-state index contributed by atoms with van der Waals surface area (Å²) in [6, 6.07) is 21.2. The molecule has 0 aliphatic carbocycles. The molecule has 6 rings (SSSR count). The van der Waals surface area contributed by atoms with E-state index in [-0.39, 0.29) is 28.4 Å². The first-order valence-electron chi connectivity index (χ1n) is 18.1. The van der Waals surface area contributed by atoms with Crippen molar-refractivity contribution in [3.05, 3.63) is 89.1 Å². The van der Waals surface area contributed by atoms with Gasteiger partial charge in [-0.15, -0.1) is 0 Å². The third-order valence-electron chi connectivity index (χ3n) is 10.7. The van der Waals surface area contributed by atoms with Gasteiger partial charge in [0, 0.05) is 42.1 Å². The summed E-state index contributed by atoms with van der Waals surface area (Å²) in [5.74, 6) is 0.140. The fourth-order valence-electron chi connectivity index (χ4n) is 8.30. The number of hydrogen-bond acceptors (Lipinski definition) is 6. The number of aryl methyl sites for hydroxylation is 1. The van der Waals surface area contributed by atoms with Crippen molar-refractivity contribution >= 4 is 53.0 Å². The summed E-state index contributed by atoms with van der Waals surface area (Å²) >= 11 is 6.33. The zero-order valence-electron chi connectivity index (χ0n) is 31.5. The maximum Gasteiger partial charge on any atom is 0.410 e. The van der Waals surface area contributed by atoms with Gasteiger partial charge in [-0.05, 0) is 67.9 Å². The highest BCUT2D eigenvalue weighted by Gasteiger charge is 2.50. The van der Waals surface area contributed by atoms with E-state index in [2.05, 4.69) is 105 Å². The van der Waals surface area contributed by atoms with Gasteiger partial charge in [-0.3, -0.25) is 4.90 Å². The molecule has 0 saturated carbocycles. The van der Waals surface area contributed by atoms with Crippen molar-refractivity contribution in [1.29, 1.82) is 0 Å². The van der Waals surface area contributed by atoms with E-state index in [0.717, 1.165) is 24.1 Å². The first-order chi connectivity index (χ1) is 23.9. The standard InChI is InChI=1S/C41H52ClFN4O3Si/c1-27-33-32(24-44-36(42)34(33)43)37(46-25-28-20-21-29(26-46)47(28)38(48)50-39(2,3)4)45-35(27)41(8,9)22-23-49-51(40(5,6)7,30-16-12-10-13-17-30)31-18-14-11-15-19-31/h10-19,24,28-29H,20-23,25-26H2,1-9H3. The molecule has 0 N–H and O–H groups in total. The quantitative estimate of drug-likeness (QED) is 0.134. The number of carbonyl (C=O) groups excluding carboxylic acids is 1. The van der Waals surface area contributed by atoms with E-state index >= 15 is 4.39 Å². The van der Waals surface area contributed by atoms with Crippen molar-refractivity contribution in [2.24, 2.45) is 0 Å². The lowest BCUT2D eigenvalue weighted by Gasteiger charge is -2.44. The van der Waals surface area contributed by atoms with Crippen LogP contribution < -0.4 is 15.3 Å². The summed E-state index contributed by atoms with van der Waals surface area (Å²) < 4.78 is 29.1. The zero-order valence-corrected chi connectivity index (χ0v) is 33.3. The predicted molar refractivity (Wildman–Crippen MR) is 208 cm³/mol. The summed E-state index contributed by atoms with van der Waals surface area (Å²) in [5, 5.41) is 3.22. The van der Waals surface area contributed by atoms with Crippen molar-refractivity contribution in [1.82, 2.24) is 14.9 Å². The maximum absolute atomic E-state index is 16.1. The number of aromatic nitrogens is 2. The van der Waals surface area contributed by atoms with E-state index in [0.29, 0.717) is 42.7 Å². The van der Waals surface area contributed by atoms with E-state index in [1.807, 2.05) is 32.6 Å². The summed E-state index contributed by atoms with van der Waals surface area (Å²) in [4.78, 5) is 26.9. The number of ether oxygens (including phenoxy) is 1. The number of benzene rings is 2. The molecule has 4 aromatic rings. The molecular formula is C41H52ClFN4O3Si. The highest BCUT2D eigenvalue weighted by Crippen LogP contribution is 2.42. The van der Waals surface area contributed by atoms with Crippen molar-refractivity contribution < 1.29 is 18.3 Å². The third kappa shape index (κ3) is 7.01. The van der Waals surface area contributed by atoms with E-state index in [9.17, 15) is 4.79 Å². The van der Waals surface area contributed by atoms with Crippen LogP contribution in [0.2, 0.25) is 10.2 Å². The van der Waals surface area contributed by atoms with Crippen LogP contribution in [-0.4, -0.2) is 66.7 Å². The SMILES string of the molecule is Cc1c(C(C)(C)CCO[Si](c2ccccc2)(c2ccccc2)C(C)(C)C)nc(N2CC3CCC(C2)N3C(=O)OC(C)(C)C)c2cnc(Cl)c(F)c12. The van der Waals surface area contributed by atoms with Crippen molar-refractivity contribution in [2.45, 2.75) is 110 Å². The monoisotopic (exact) mass is 730 g/mol. The largest absolute Gasteiger partial charge is 0.444 e. The van der Waals surface area contributed by atoms with Crippen LogP contribution in [0, 0.1) is 12.7 Å². The Hall–Kier alpha value is -3.53. The molecule has 2 aromatic carbocycles. The van der Waals surface area contributed by atoms with Gasteiger partial charge in [-0.1, -0.05) is 107 Å². The molecule has 10 heteroatoms. The van der Waals surface area contributed by atoms with Gasteiger partial charge in [0.1, 0.15) is 11.4 Å². The van der Waals surface area contributed by atoms with Crippen LogP contribution in [0.5, 0.6) is 0 Å². The summed E-state index contributed by atoms with van der Waals surface area (Å²) in [7, 11) is -2.76. The minimum absolute atomic E-state index is 0.0295. The highest BCUT2D eigenvalue weighted by atomic mass is 35.5. The molecule has 7 nitrogen and oxygen atoms in total. The molecule has 0 radical (unpaired) electrons. The molecule has 2 aliphatic heterocycles. The van der Waals surface area contributed by atoms with Gasteiger partial charge in [-0.2, -0.15) is 0 Å². The molecule has 2 aromatic heterocycles. The van der Waals surface area contributed by atoms with Crippen LogP contribution in [0.1, 0.15) is 85.9 Å². The highest BCUT2D eigenvalue weighted by molar-refractivity contribution is 6.99. The normalized spacial score (nSPS) is 18.4. The van der Waals surface area contributed by atoms with Gasteiger partial charge in [-0.25, -0.2) is 19.2 Å². The Balaban J connectivity index is 1.36. The number of pyridine rings is 2. The molecule has 2 unspecified atom stereocenters. The number of anilines is 1. The van der Waals surface area contributed by atoms with Gasteiger partial charge >= 0.3 is 6.09 Å². The molecular weight excluding hydrogens is 679 g/mol. The summed E-state index contributed by atoms with van der Waals surface area (Å²) in [6.07, 6.45) is 3.77. The molecule has 2 atom stereocenters. The van der Waals surface area contributed by atoms with Crippen LogP contribution in [0.4, 0.5) is 15.0 Å². The lowest BCUT2D eigenvalue weighted by Crippen LogP contribution is -2.66. The molecule has 1 amide bonds. The number of amides is 1. The second kappa shape index (κ2) is 13.8. The average Bonchev–Trinajstić information content (AvgIpc) is 3.33. The number of halogens is 2. The lowest BCUT2D eigenvalue weighted by atomic mass is 9.82. The Labute approximate surface area is 308 Å². The number of rotatable bonds is 8. The minimum atomic E-state index is -2.76. The molecule has 4 heterocycles. The maximum atomic E-state index is 16.1. The molecule has 2 fully saturated rings. The Morgan fingerprint density at radius 1 is 0.922 bits per heavy atom. The van der Waals surface area contributed by atoms with Gasteiger partial charge in [0.05, 0.1) is 17.8 Å². The molecule has 51 heavy (non-hydrogen) atoms. The zero-order chi connectivity index (χ0) is 36.9.